The fourth-order valence-corrected chi connectivity index (χ4v) is 1.91. The maximum absolute atomic E-state index is 13.4. The highest BCUT2D eigenvalue weighted by Crippen LogP contribution is 2.29. The van der Waals surface area contributed by atoms with Crippen molar-refractivity contribution in [2.45, 2.75) is 19.4 Å². The fraction of sp³-hybridized carbons (Fsp3) is 0.462. The second-order valence-electron chi connectivity index (χ2n) is 5.17. The molecule has 0 aliphatic carbocycles. The summed E-state index contributed by atoms with van der Waals surface area (Å²) in [4.78, 5) is 13.2. The molecule has 1 fully saturated rings. The van der Waals surface area contributed by atoms with Crippen LogP contribution in [-0.2, 0) is 0 Å². The Labute approximate surface area is 110 Å². The van der Waals surface area contributed by atoms with Crippen LogP contribution >= 0.6 is 0 Å². The van der Waals surface area contributed by atoms with E-state index in [-0.39, 0.29) is 24.7 Å². The Bertz CT molecular complexity index is 499. The molecule has 0 bridgehead atoms. The van der Waals surface area contributed by atoms with Gasteiger partial charge in [0.15, 0.2) is 0 Å². The Hall–Kier alpha value is -1.69. The van der Waals surface area contributed by atoms with Crippen LogP contribution in [0.15, 0.2) is 18.2 Å². The van der Waals surface area contributed by atoms with Gasteiger partial charge in [0, 0.05) is 6.07 Å². The first kappa shape index (κ1) is 13.7. The van der Waals surface area contributed by atoms with Crippen molar-refractivity contribution in [3.8, 4) is 0 Å². The lowest BCUT2D eigenvalue weighted by Crippen LogP contribution is -2.66. The van der Waals surface area contributed by atoms with E-state index < -0.39 is 23.3 Å². The summed E-state index contributed by atoms with van der Waals surface area (Å²) in [5.41, 5.74) is -0.954. The first-order valence-electron chi connectivity index (χ1n) is 6.05. The number of aliphatic hydroxyl groups is 1. The van der Waals surface area contributed by atoms with Crippen LogP contribution in [0.1, 0.15) is 13.8 Å². The molecule has 1 aromatic rings. The van der Waals surface area contributed by atoms with Crippen molar-refractivity contribution >= 4 is 11.7 Å². The first-order chi connectivity index (χ1) is 8.82. The smallest absolute Gasteiger partial charge is 0.322 e. The van der Waals surface area contributed by atoms with Gasteiger partial charge in [-0.05, 0) is 18.1 Å². The van der Waals surface area contributed by atoms with Gasteiger partial charge in [-0.25, -0.2) is 13.6 Å². The predicted octanol–water partition coefficient (Wildman–Crippen LogP) is 2.20. The topological polar surface area (TPSA) is 52.6 Å². The van der Waals surface area contributed by atoms with Gasteiger partial charge in [0.1, 0.15) is 17.2 Å². The summed E-state index contributed by atoms with van der Waals surface area (Å²) in [6.07, 6.45) is 0. The number of likely N-dealkylation sites (tertiary alicyclic amines) is 1. The lowest BCUT2D eigenvalue weighted by Gasteiger charge is -2.48. The molecule has 6 heteroatoms. The van der Waals surface area contributed by atoms with Crippen molar-refractivity contribution in [3.63, 3.8) is 0 Å². The molecule has 0 atom stereocenters. The largest absolute Gasteiger partial charge is 0.386 e. The van der Waals surface area contributed by atoms with E-state index in [2.05, 4.69) is 5.32 Å². The summed E-state index contributed by atoms with van der Waals surface area (Å²) in [6, 6.07) is 2.43. The number of benzene rings is 1. The molecule has 0 radical (unpaired) electrons. The molecule has 2 amide bonds. The third kappa shape index (κ3) is 2.68. The van der Waals surface area contributed by atoms with Crippen LogP contribution in [0.4, 0.5) is 19.3 Å². The number of carbonyl (C=O) groups excluding carboxylic acids is 1. The van der Waals surface area contributed by atoms with Crippen molar-refractivity contribution in [1.82, 2.24) is 4.90 Å². The van der Waals surface area contributed by atoms with E-state index in [1.807, 2.05) is 13.8 Å². The van der Waals surface area contributed by atoms with Crippen LogP contribution < -0.4 is 5.32 Å². The van der Waals surface area contributed by atoms with E-state index in [1.54, 1.807) is 0 Å². The molecule has 1 aliphatic rings. The van der Waals surface area contributed by atoms with Gasteiger partial charge in [-0.15, -0.1) is 0 Å². The highest BCUT2D eigenvalue weighted by molar-refractivity contribution is 5.90. The van der Waals surface area contributed by atoms with Crippen molar-refractivity contribution < 1.29 is 18.7 Å². The number of halogens is 2. The number of carbonyl (C=O) groups is 1. The summed E-state index contributed by atoms with van der Waals surface area (Å²) < 4.78 is 26.1. The van der Waals surface area contributed by atoms with Gasteiger partial charge in [0.25, 0.3) is 0 Å². The normalized spacial score (nSPS) is 17.3. The number of anilines is 1. The lowest BCUT2D eigenvalue weighted by atomic mass is 9.83. The van der Waals surface area contributed by atoms with E-state index in [0.29, 0.717) is 6.07 Å². The Kier molecular flexibility index (Phi) is 3.45. The minimum Gasteiger partial charge on any atom is -0.386 e. The summed E-state index contributed by atoms with van der Waals surface area (Å²) in [5.74, 6) is -1.49. The summed E-state index contributed by atoms with van der Waals surface area (Å²) in [5, 5.41) is 12.4. The summed E-state index contributed by atoms with van der Waals surface area (Å²) >= 11 is 0. The van der Waals surface area contributed by atoms with Crippen LogP contribution in [0.2, 0.25) is 0 Å². The molecule has 0 saturated carbocycles. The Morgan fingerprint density at radius 3 is 2.58 bits per heavy atom. The molecule has 2 N–H and O–H groups in total. The van der Waals surface area contributed by atoms with E-state index in [4.69, 9.17) is 0 Å². The van der Waals surface area contributed by atoms with Gasteiger partial charge >= 0.3 is 6.03 Å². The standard InChI is InChI=1S/C13H16F2N2O2/c1-8(2)13(19)6-17(7-13)12(18)16-11-4-3-9(14)5-10(11)15/h3-5,8,19H,6-7H2,1-2H3,(H,16,18). The zero-order valence-electron chi connectivity index (χ0n) is 10.8. The van der Waals surface area contributed by atoms with Gasteiger partial charge in [0.05, 0.1) is 18.8 Å². The van der Waals surface area contributed by atoms with Crippen LogP contribution in [0.25, 0.3) is 0 Å². The molecule has 1 aromatic carbocycles. The number of hydrogen-bond donors (Lipinski definition) is 2. The molecule has 1 saturated heterocycles. The summed E-state index contributed by atoms with van der Waals surface area (Å²) in [7, 11) is 0. The second kappa shape index (κ2) is 4.77. The van der Waals surface area contributed by atoms with Crippen LogP contribution in [0.5, 0.6) is 0 Å². The fourth-order valence-electron chi connectivity index (χ4n) is 1.91. The van der Waals surface area contributed by atoms with E-state index in [1.165, 1.54) is 4.90 Å². The second-order valence-corrected chi connectivity index (χ2v) is 5.17. The van der Waals surface area contributed by atoms with Gasteiger partial charge in [-0.1, -0.05) is 13.8 Å². The third-order valence-corrected chi connectivity index (χ3v) is 3.46. The Balaban J connectivity index is 1.96. The zero-order chi connectivity index (χ0) is 14.2. The highest BCUT2D eigenvalue weighted by atomic mass is 19.1. The van der Waals surface area contributed by atoms with Crippen molar-refractivity contribution in [2.24, 2.45) is 5.92 Å². The number of hydrogen-bond acceptors (Lipinski definition) is 2. The maximum Gasteiger partial charge on any atom is 0.322 e. The molecule has 2 rings (SSSR count). The maximum atomic E-state index is 13.4. The lowest BCUT2D eigenvalue weighted by molar-refractivity contribution is -0.105. The van der Waals surface area contributed by atoms with Gasteiger partial charge in [-0.3, -0.25) is 0 Å². The predicted molar refractivity (Wildman–Crippen MR) is 66.7 cm³/mol. The van der Waals surface area contributed by atoms with Gasteiger partial charge in [0.2, 0.25) is 0 Å². The number of urea groups is 1. The molecule has 104 valence electrons. The van der Waals surface area contributed by atoms with Crippen LogP contribution in [0, 0.1) is 17.6 Å². The zero-order valence-corrected chi connectivity index (χ0v) is 10.8. The molecule has 1 aliphatic heterocycles. The Morgan fingerprint density at radius 1 is 1.42 bits per heavy atom. The number of nitrogens with one attached hydrogen (secondary N) is 1. The molecule has 4 nitrogen and oxygen atoms in total. The minimum atomic E-state index is -0.876. The minimum absolute atomic E-state index is 0.0408. The van der Waals surface area contributed by atoms with Crippen molar-refractivity contribution in [3.05, 3.63) is 29.8 Å². The monoisotopic (exact) mass is 270 g/mol. The van der Waals surface area contributed by atoms with Crippen LogP contribution in [-0.4, -0.2) is 34.7 Å². The van der Waals surface area contributed by atoms with Crippen molar-refractivity contribution in [2.75, 3.05) is 18.4 Å². The third-order valence-electron chi connectivity index (χ3n) is 3.46. The average molecular weight is 270 g/mol. The number of rotatable bonds is 2. The Morgan fingerprint density at radius 2 is 2.05 bits per heavy atom. The molecule has 0 spiro atoms. The van der Waals surface area contributed by atoms with Crippen LogP contribution in [0.3, 0.4) is 0 Å². The number of amides is 2. The van der Waals surface area contributed by atoms with E-state index >= 15 is 0 Å². The van der Waals surface area contributed by atoms with Gasteiger partial charge < -0.3 is 15.3 Å². The first-order valence-corrected chi connectivity index (χ1v) is 6.05. The summed E-state index contributed by atoms with van der Waals surface area (Å²) in [6.45, 7) is 4.16. The van der Waals surface area contributed by atoms with E-state index in [9.17, 15) is 18.7 Å². The molecule has 0 unspecified atom stereocenters. The molecule has 19 heavy (non-hydrogen) atoms. The quantitative estimate of drug-likeness (QED) is 0.865. The molecule has 0 aromatic heterocycles. The van der Waals surface area contributed by atoms with E-state index in [0.717, 1.165) is 12.1 Å². The number of β-amino-alcohol motifs (C(OH)–C–C–N with tert-alkyl or cyclic N) is 1. The molecular weight excluding hydrogens is 254 g/mol. The van der Waals surface area contributed by atoms with Gasteiger partial charge in [-0.2, -0.15) is 0 Å². The highest BCUT2D eigenvalue weighted by Gasteiger charge is 2.45. The SMILES string of the molecule is CC(C)C1(O)CN(C(=O)Nc2ccc(F)cc2F)C1. The average Bonchev–Trinajstić information content (AvgIpc) is 2.28. The molecular formula is C13H16F2N2O2. The number of nitrogens with zero attached hydrogens (tertiary/aromatic N) is 1. The molecule has 1 heterocycles. The van der Waals surface area contributed by atoms with Crippen molar-refractivity contribution in [1.29, 1.82) is 0 Å².